The Labute approximate surface area is 91.1 Å². The summed E-state index contributed by atoms with van der Waals surface area (Å²) in [5.74, 6) is 0. The molecule has 0 radical (unpaired) electrons. The zero-order chi connectivity index (χ0) is 10.9. The summed E-state index contributed by atoms with van der Waals surface area (Å²) in [7, 11) is -3.20. The van der Waals surface area contributed by atoms with Gasteiger partial charge >= 0.3 is 0 Å². The first-order valence-electron chi connectivity index (χ1n) is 5.72. The van der Waals surface area contributed by atoms with E-state index in [2.05, 4.69) is 4.72 Å². The van der Waals surface area contributed by atoms with Crippen molar-refractivity contribution in [1.82, 2.24) is 4.72 Å². The number of aliphatic hydroxyl groups excluding tert-OH is 1. The Morgan fingerprint density at radius 1 is 1.20 bits per heavy atom. The van der Waals surface area contributed by atoms with Crippen LogP contribution in [0.4, 0.5) is 0 Å². The third-order valence-electron chi connectivity index (χ3n) is 3.51. The average molecular weight is 233 g/mol. The summed E-state index contributed by atoms with van der Waals surface area (Å²) >= 11 is 0. The fourth-order valence-corrected chi connectivity index (χ4v) is 4.20. The van der Waals surface area contributed by atoms with Crippen molar-refractivity contribution in [2.24, 2.45) is 0 Å². The first-order chi connectivity index (χ1) is 7.08. The predicted octanol–water partition coefficient (Wildman–Crippen LogP) is 0.763. The molecule has 0 aromatic rings. The Balaban J connectivity index is 1.99. The Morgan fingerprint density at radius 2 is 1.80 bits per heavy atom. The molecule has 0 aromatic carbocycles. The average Bonchev–Trinajstić information content (AvgIpc) is 2.99. The summed E-state index contributed by atoms with van der Waals surface area (Å²) < 4.78 is 26.6. The smallest absolute Gasteiger partial charge is 0.215 e. The minimum atomic E-state index is -3.20. The third kappa shape index (κ3) is 2.52. The van der Waals surface area contributed by atoms with Gasteiger partial charge in [-0.05, 0) is 25.7 Å². The summed E-state index contributed by atoms with van der Waals surface area (Å²) in [4.78, 5) is 0. The second kappa shape index (κ2) is 4.03. The highest BCUT2D eigenvalue weighted by Gasteiger charge is 2.46. The minimum absolute atomic E-state index is 0.0705. The van der Waals surface area contributed by atoms with E-state index in [1.807, 2.05) is 0 Å². The van der Waals surface area contributed by atoms with Crippen LogP contribution < -0.4 is 4.72 Å². The zero-order valence-electron chi connectivity index (χ0n) is 8.91. The molecule has 0 atom stereocenters. The topological polar surface area (TPSA) is 66.4 Å². The van der Waals surface area contributed by atoms with E-state index in [1.165, 1.54) is 0 Å². The lowest BCUT2D eigenvalue weighted by molar-refractivity contribution is 0.246. The summed E-state index contributed by atoms with van der Waals surface area (Å²) in [6.45, 7) is -0.0705. The van der Waals surface area contributed by atoms with Crippen LogP contribution in [0.15, 0.2) is 0 Å². The molecule has 2 N–H and O–H groups in total. The van der Waals surface area contributed by atoms with Gasteiger partial charge in [0.1, 0.15) is 0 Å². The monoisotopic (exact) mass is 233 g/mol. The molecular weight excluding hydrogens is 214 g/mol. The lowest BCUT2D eigenvalue weighted by atomic mass is 10.0. The molecule has 0 spiro atoms. The summed E-state index contributed by atoms with van der Waals surface area (Å²) in [6.07, 6.45) is 6.27. The van der Waals surface area contributed by atoms with E-state index in [9.17, 15) is 8.42 Å². The minimum Gasteiger partial charge on any atom is -0.394 e. The lowest BCUT2D eigenvalue weighted by Gasteiger charge is -2.24. The van der Waals surface area contributed by atoms with E-state index in [1.54, 1.807) is 0 Å². The molecule has 0 amide bonds. The highest BCUT2D eigenvalue weighted by molar-refractivity contribution is 7.90. The molecule has 2 fully saturated rings. The van der Waals surface area contributed by atoms with Crippen molar-refractivity contribution in [2.75, 3.05) is 6.61 Å². The van der Waals surface area contributed by atoms with Crippen molar-refractivity contribution in [2.45, 2.75) is 55.7 Å². The predicted molar refractivity (Wildman–Crippen MR) is 58.0 cm³/mol. The van der Waals surface area contributed by atoms with Crippen LogP contribution in [0.5, 0.6) is 0 Å². The number of rotatable bonds is 4. The fraction of sp³-hybridized carbons (Fsp3) is 1.00. The van der Waals surface area contributed by atoms with Gasteiger partial charge in [-0.3, -0.25) is 0 Å². The Bertz CT molecular complexity index is 316. The normalized spacial score (nSPS) is 26.5. The molecule has 0 unspecified atom stereocenters. The number of sulfonamides is 1. The molecule has 88 valence electrons. The molecule has 4 nitrogen and oxygen atoms in total. The van der Waals surface area contributed by atoms with Crippen molar-refractivity contribution in [3.8, 4) is 0 Å². The molecule has 15 heavy (non-hydrogen) atoms. The van der Waals surface area contributed by atoms with Crippen molar-refractivity contribution in [1.29, 1.82) is 0 Å². The van der Waals surface area contributed by atoms with Gasteiger partial charge < -0.3 is 5.11 Å². The van der Waals surface area contributed by atoms with E-state index in [0.717, 1.165) is 44.9 Å². The van der Waals surface area contributed by atoms with Crippen molar-refractivity contribution in [3.05, 3.63) is 0 Å². The molecule has 5 heteroatoms. The Morgan fingerprint density at radius 3 is 2.27 bits per heavy atom. The quantitative estimate of drug-likeness (QED) is 0.753. The van der Waals surface area contributed by atoms with Crippen LogP contribution in [0.2, 0.25) is 0 Å². The molecule has 0 saturated heterocycles. The van der Waals surface area contributed by atoms with Crippen LogP contribution >= 0.6 is 0 Å². The molecule has 0 heterocycles. The molecule has 2 aliphatic rings. The van der Waals surface area contributed by atoms with E-state index in [0.29, 0.717) is 0 Å². The highest BCUT2D eigenvalue weighted by Crippen LogP contribution is 2.36. The summed E-state index contributed by atoms with van der Waals surface area (Å²) in [5.41, 5.74) is -0.504. The van der Waals surface area contributed by atoms with E-state index in [4.69, 9.17) is 5.11 Å². The SMILES string of the molecule is O=S(=O)(NC1(CO)CC1)C1CCCCC1. The van der Waals surface area contributed by atoms with Gasteiger partial charge in [-0.15, -0.1) is 0 Å². The van der Waals surface area contributed by atoms with Gasteiger partial charge in [-0.2, -0.15) is 0 Å². The van der Waals surface area contributed by atoms with Crippen LogP contribution in [-0.2, 0) is 10.0 Å². The van der Waals surface area contributed by atoms with Gasteiger partial charge in [-0.25, -0.2) is 13.1 Å². The van der Waals surface area contributed by atoms with Crippen LogP contribution in [0, 0.1) is 0 Å². The van der Waals surface area contributed by atoms with E-state index >= 15 is 0 Å². The summed E-state index contributed by atoms with van der Waals surface area (Å²) in [6, 6.07) is 0. The number of aliphatic hydroxyl groups is 1. The molecule has 0 bridgehead atoms. The molecule has 2 saturated carbocycles. The van der Waals surface area contributed by atoms with Gasteiger partial charge in [-0.1, -0.05) is 19.3 Å². The summed E-state index contributed by atoms with van der Waals surface area (Å²) in [5, 5.41) is 8.86. The Kier molecular flexibility index (Phi) is 3.05. The fourth-order valence-electron chi connectivity index (χ4n) is 2.20. The van der Waals surface area contributed by atoms with Crippen LogP contribution in [0.3, 0.4) is 0 Å². The number of hydrogen-bond acceptors (Lipinski definition) is 3. The van der Waals surface area contributed by atoms with Gasteiger partial charge in [0, 0.05) is 0 Å². The van der Waals surface area contributed by atoms with Crippen LogP contribution in [0.1, 0.15) is 44.9 Å². The molecule has 2 rings (SSSR count). The van der Waals surface area contributed by atoms with Crippen molar-refractivity contribution < 1.29 is 13.5 Å². The van der Waals surface area contributed by atoms with Gasteiger partial charge in [0.2, 0.25) is 10.0 Å². The van der Waals surface area contributed by atoms with E-state index in [-0.39, 0.29) is 11.9 Å². The zero-order valence-corrected chi connectivity index (χ0v) is 9.72. The second-order valence-corrected chi connectivity index (χ2v) is 6.81. The van der Waals surface area contributed by atoms with Crippen molar-refractivity contribution >= 4 is 10.0 Å². The van der Waals surface area contributed by atoms with Gasteiger partial charge in [0.15, 0.2) is 0 Å². The first-order valence-corrected chi connectivity index (χ1v) is 7.26. The molecular formula is C10H19NO3S. The van der Waals surface area contributed by atoms with E-state index < -0.39 is 15.6 Å². The molecule has 0 aliphatic heterocycles. The maximum absolute atomic E-state index is 12.0. The van der Waals surface area contributed by atoms with Crippen molar-refractivity contribution in [3.63, 3.8) is 0 Å². The first kappa shape index (κ1) is 11.4. The number of nitrogens with one attached hydrogen (secondary N) is 1. The van der Waals surface area contributed by atoms with Crippen LogP contribution in [-0.4, -0.2) is 30.9 Å². The maximum Gasteiger partial charge on any atom is 0.215 e. The highest BCUT2D eigenvalue weighted by atomic mass is 32.2. The van der Waals surface area contributed by atoms with Crippen LogP contribution in [0.25, 0.3) is 0 Å². The number of hydrogen-bond donors (Lipinski definition) is 2. The third-order valence-corrected chi connectivity index (χ3v) is 5.57. The Hall–Kier alpha value is -0.130. The van der Waals surface area contributed by atoms with Gasteiger partial charge in [0.25, 0.3) is 0 Å². The molecule has 2 aliphatic carbocycles. The molecule has 0 aromatic heterocycles. The lowest BCUT2D eigenvalue weighted by Crippen LogP contribution is -2.45. The largest absolute Gasteiger partial charge is 0.394 e. The second-order valence-electron chi connectivity index (χ2n) is 4.85. The maximum atomic E-state index is 12.0. The standard InChI is InChI=1S/C10H19NO3S/c12-8-10(6-7-10)11-15(13,14)9-4-2-1-3-5-9/h9,11-12H,1-8H2. The van der Waals surface area contributed by atoms with Gasteiger partial charge in [0.05, 0.1) is 17.4 Å².